The van der Waals surface area contributed by atoms with E-state index in [4.69, 9.17) is 0 Å². The van der Waals surface area contributed by atoms with Crippen LogP contribution < -0.4 is 15.5 Å². The Bertz CT molecular complexity index is 617. The number of guanidine groups is 1. The molecule has 24 heavy (non-hydrogen) atoms. The van der Waals surface area contributed by atoms with Gasteiger partial charge in [-0.3, -0.25) is 4.99 Å². The summed E-state index contributed by atoms with van der Waals surface area (Å²) >= 11 is 1.82. The minimum absolute atomic E-state index is 0.571. The van der Waals surface area contributed by atoms with Crippen LogP contribution in [0.2, 0.25) is 0 Å². The van der Waals surface area contributed by atoms with Gasteiger partial charge in [0.25, 0.3) is 0 Å². The van der Waals surface area contributed by atoms with Gasteiger partial charge in [-0.1, -0.05) is 25.1 Å². The summed E-state index contributed by atoms with van der Waals surface area (Å²) in [6.07, 6.45) is 1.10. The maximum absolute atomic E-state index is 4.31. The molecule has 0 fully saturated rings. The van der Waals surface area contributed by atoms with E-state index in [1.54, 1.807) is 0 Å². The highest BCUT2D eigenvalue weighted by atomic mass is 32.1. The van der Waals surface area contributed by atoms with Gasteiger partial charge in [0.15, 0.2) is 5.96 Å². The Balaban J connectivity index is 1.75. The van der Waals surface area contributed by atoms with Crippen LogP contribution in [-0.2, 0) is 13.0 Å². The first-order valence-electron chi connectivity index (χ1n) is 8.31. The maximum Gasteiger partial charge on any atom is 0.191 e. The number of hydrogen-bond donors (Lipinski definition) is 2. The SMILES string of the molecule is CN=C(NCc1ccc(N(C)C)cc1)NCC(C)Cc1cccs1. The van der Waals surface area contributed by atoms with Crippen LogP contribution in [0.15, 0.2) is 46.8 Å². The molecule has 130 valence electrons. The summed E-state index contributed by atoms with van der Waals surface area (Å²) in [5.74, 6) is 1.42. The standard InChI is InChI=1S/C19H28N4S/c1-15(12-18-6-5-11-24-18)13-21-19(20-2)22-14-16-7-9-17(10-8-16)23(3)4/h5-11,15H,12-14H2,1-4H3,(H2,20,21,22). The number of rotatable bonds is 7. The minimum atomic E-state index is 0.571. The van der Waals surface area contributed by atoms with Gasteiger partial charge >= 0.3 is 0 Å². The molecule has 0 saturated carbocycles. The van der Waals surface area contributed by atoms with Gasteiger partial charge < -0.3 is 15.5 Å². The summed E-state index contributed by atoms with van der Waals surface area (Å²) in [7, 11) is 5.92. The molecular formula is C19H28N4S. The lowest BCUT2D eigenvalue weighted by Gasteiger charge is -2.16. The van der Waals surface area contributed by atoms with Crippen molar-refractivity contribution in [1.29, 1.82) is 0 Å². The molecule has 1 atom stereocenters. The number of nitrogens with one attached hydrogen (secondary N) is 2. The summed E-state index contributed by atoms with van der Waals surface area (Å²) in [6.45, 7) is 3.95. The van der Waals surface area contributed by atoms with E-state index in [9.17, 15) is 0 Å². The molecule has 0 saturated heterocycles. The Labute approximate surface area is 149 Å². The van der Waals surface area contributed by atoms with E-state index in [1.807, 2.05) is 18.4 Å². The van der Waals surface area contributed by atoms with Gasteiger partial charge in [-0.15, -0.1) is 11.3 Å². The third-order valence-electron chi connectivity index (χ3n) is 3.88. The van der Waals surface area contributed by atoms with E-state index in [1.165, 1.54) is 16.1 Å². The first kappa shape index (κ1) is 18.3. The van der Waals surface area contributed by atoms with Crippen LogP contribution in [-0.4, -0.2) is 33.6 Å². The largest absolute Gasteiger partial charge is 0.378 e. The third kappa shape index (κ3) is 5.89. The van der Waals surface area contributed by atoms with Crippen LogP contribution in [0.3, 0.4) is 0 Å². The van der Waals surface area contributed by atoms with Crippen LogP contribution in [0.5, 0.6) is 0 Å². The van der Waals surface area contributed by atoms with E-state index in [2.05, 4.69) is 83.3 Å². The topological polar surface area (TPSA) is 39.7 Å². The Kier molecular flexibility index (Phi) is 7.12. The molecule has 0 aliphatic carbocycles. The molecule has 0 aliphatic heterocycles. The van der Waals surface area contributed by atoms with E-state index >= 15 is 0 Å². The zero-order valence-electron chi connectivity index (χ0n) is 15.0. The average Bonchev–Trinajstić information content (AvgIpc) is 3.08. The van der Waals surface area contributed by atoms with Gasteiger partial charge in [0, 0.05) is 44.8 Å². The van der Waals surface area contributed by atoms with Gasteiger partial charge in [0.2, 0.25) is 0 Å². The zero-order chi connectivity index (χ0) is 17.4. The number of benzene rings is 1. The van der Waals surface area contributed by atoms with Gasteiger partial charge in [-0.25, -0.2) is 0 Å². The molecule has 1 aromatic carbocycles. The number of thiophene rings is 1. The number of aliphatic imine (C=N–C) groups is 1. The van der Waals surface area contributed by atoms with Crippen LogP contribution >= 0.6 is 11.3 Å². The van der Waals surface area contributed by atoms with Crippen LogP contribution in [0, 0.1) is 5.92 Å². The fraction of sp³-hybridized carbons (Fsp3) is 0.421. The second-order valence-corrected chi connectivity index (χ2v) is 7.29. The van der Waals surface area contributed by atoms with E-state index < -0.39 is 0 Å². The summed E-state index contributed by atoms with van der Waals surface area (Å²) in [5.41, 5.74) is 2.46. The Morgan fingerprint density at radius 2 is 1.92 bits per heavy atom. The van der Waals surface area contributed by atoms with Crippen molar-refractivity contribution in [3.63, 3.8) is 0 Å². The van der Waals surface area contributed by atoms with Gasteiger partial charge in [0.1, 0.15) is 0 Å². The second kappa shape index (κ2) is 9.33. The van der Waals surface area contributed by atoms with Crippen LogP contribution in [0.25, 0.3) is 0 Å². The fourth-order valence-electron chi connectivity index (χ4n) is 2.43. The van der Waals surface area contributed by atoms with Crippen molar-refractivity contribution in [2.24, 2.45) is 10.9 Å². The molecule has 0 aliphatic rings. The number of anilines is 1. The average molecular weight is 345 g/mol. The van der Waals surface area contributed by atoms with Crippen molar-refractivity contribution >= 4 is 23.0 Å². The van der Waals surface area contributed by atoms with Crippen molar-refractivity contribution in [1.82, 2.24) is 10.6 Å². The lowest BCUT2D eigenvalue weighted by Crippen LogP contribution is -2.39. The highest BCUT2D eigenvalue weighted by Crippen LogP contribution is 2.14. The van der Waals surface area contributed by atoms with Gasteiger partial charge in [0.05, 0.1) is 0 Å². The fourth-order valence-corrected chi connectivity index (χ4v) is 3.30. The monoisotopic (exact) mass is 344 g/mol. The van der Waals surface area contributed by atoms with Crippen molar-refractivity contribution in [3.05, 3.63) is 52.2 Å². The quantitative estimate of drug-likeness (QED) is 0.598. The summed E-state index contributed by atoms with van der Waals surface area (Å²) in [4.78, 5) is 7.85. The molecule has 2 aromatic rings. The molecule has 1 aromatic heterocycles. The molecule has 0 radical (unpaired) electrons. The molecule has 2 rings (SSSR count). The van der Waals surface area contributed by atoms with E-state index in [0.29, 0.717) is 5.92 Å². The molecule has 4 nitrogen and oxygen atoms in total. The molecule has 1 unspecified atom stereocenters. The molecule has 0 spiro atoms. The van der Waals surface area contributed by atoms with Crippen molar-refractivity contribution in [3.8, 4) is 0 Å². The number of nitrogens with zero attached hydrogens (tertiary/aromatic N) is 2. The normalized spacial score (nSPS) is 12.8. The van der Waals surface area contributed by atoms with E-state index in [-0.39, 0.29) is 0 Å². The van der Waals surface area contributed by atoms with Gasteiger partial charge in [-0.2, -0.15) is 0 Å². The van der Waals surface area contributed by atoms with E-state index in [0.717, 1.165) is 25.5 Å². The lowest BCUT2D eigenvalue weighted by atomic mass is 10.1. The second-order valence-electron chi connectivity index (χ2n) is 6.26. The predicted molar refractivity (Wildman–Crippen MR) is 106 cm³/mol. The number of hydrogen-bond acceptors (Lipinski definition) is 3. The van der Waals surface area contributed by atoms with Crippen molar-refractivity contribution in [2.45, 2.75) is 19.9 Å². The van der Waals surface area contributed by atoms with Crippen molar-refractivity contribution < 1.29 is 0 Å². The lowest BCUT2D eigenvalue weighted by molar-refractivity contribution is 0.562. The highest BCUT2D eigenvalue weighted by Gasteiger charge is 2.06. The zero-order valence-corrected chi connectivity index (χ0v) is 15.9. The first-order chi connectivity index (χ1) is 11.6. The van der Waals surface area contributed by atoms with Crippen LogP contribution in [0.4, 0.5) is 5.69 Å². The van der Waals surface area contributed by atoms with Crippen LogP contribution in [0.1, 0.15) is 17.4 Å². The Morgan fingerprint density at radius 3 is 2.50 bits per heavy atom. The Hall–Kier alpha value is -2.01. The summed E-state index contributed by atoms with van der Waals surface area (Å²) < 4.78 is 0. The summed E-state index contributed by atoms with van der Waals surface area (Å²) in [6, 6.07) is 12.9. The first-order valence-corrected chi connectivity index (χ1v) is 9.19. The smallest absolute Gasteiger partial charge is 0.191 e. The minimum Gasteiger partial charge on any atom is -0.378 e. The van der Waals surface area contributed by atoms with Crippen molar-refractivity contribution in [2.75, 3.05) is 32.6 Å². The molecule has 2 N–H and O–H groups in total. The highest BCUT2D eigenvalue weighted by molar-refractivity contribution is 7.09. The molecule has 1 heterocycles. The molecule has 0 bridgehead atoms. The molecule has 5 heteroatoms. The molecular weight excluding hydrogens is 316 g/mol. The maximum atomic E-state index is 4.31. The molecule has 0 amide bonds. The van der Waals surface area contributed by atoms with Gasteiger partial charge in [-0.05, 0) is 41.5 Å². The Morgan fingerprint density at radius 1 is 1.17 bits per heavy atom. The third-order valence-corrected chi connectivity index (χ3v) is 4.78. The predicted octanol–water partition coefficient (Wildman–Crippen LogP) is 3.36. The summed E-state index contributed by atoms with van der Waals surface area (Å²) in [5, 5.41) is 8.93.